The van der Waals surface area contributed by atoms with Gasteiger partial charge in [-0.1, -0.05) is 43.7 Å². The zero-order valence-electron chi connectivity index (χ0n) is 9.67. The molecule has 6 N–H and O–H groups in total. The van der Waals surface area contributed by atoms with Crippen molar-refractivity contribution < 1.29 is 19.8 Å². The third kappa shape index (κ3) is 24.8. The molecule has 1 aromatic carbocycles. The van der Waals surface area contributed by atoms with Crippen molar-refractivity contribution in [2.75, 3.05) is 0 Å². The van der Waals surface area contributed by atoms with Gasteiger partial charge in [-0.2, -0.15) is 0 Å². The van der Waals surface area contributed by atoms with Gasteiger partial charge in [-0.05, 0) is 12.0 Å². The molecule has 96 valence electrons. The maximum atomic E-state index is 8.78. The predicted molar refractivity (Wildman–Crippen MR) is 64.9 cm³/mol. The zero-order chi connectivity index (χ0) is 13.7. The molecule has 0 saturated carbocycles. The molecule has 0 aliphatic heterocycles. The van der Waals surface area contributed by atoms with E-state index in [4.69, 9.17) is 19.8 Å². The zero-order valence-corrected chi connectivity index (χ0v) is 9.67. The molecule has 0 atom stereocenters. The van der Waals surface area contributed by atoms with Gasteiger partial charge in [0, 0.05) is 0 Å². The first-order valence-corrected chi connectivity index (χ1v) is 4.90. The third-order valence-electron chi connectivity index (χ3n) is 1.38. The number of nitrogens with two attached hydrogens (primary N) is 2. The summed E-state index contributed by atoms with van der Waals surface area (Å²) in [7, 11) is 0. The third-order valence-corrected chi connectivity index (χ3v) is 1.38. The molecule has 1 aromatic rings. The Balaban J connectivity index is 0. The molecule has 0 aliphatic rings. The number of rotatable bonds is 2. The van der Waals surface area contributed by atoms with E-state index in [0.717, 1.165) is 0 Å². The number of hydrogen-bond donors (Lipinski definition) is 4. The van der Waals surface area contributed by atoms with Crippen LogP contribution in [0.2, 0.25) is 0 Å². The van der Waals surface area contributed by atoms with Gasteiger partial charge in [0.25, 0.3) is 0 Å². The highest BCUT2D eigenvalue weighted by molar-refractivity contribution is 5.61. The molecular formula is C11H18N2O4. The average molecular weight is 242 g/mol. The smallest absolute Gasteiger partial charge is 0.402 e. The summed E-state index contributed by atoms with van der Waals surface area (Å²) in [5.41, 5.74) is 9.50. The second kappa shape index (κ2) is 11.8. The molecule has 1 rings (SSSR count). The van der Waals surface area contributed by atoms with Crippen LogP contribution in [0.3, 0.4) is 0 Å². The molecule has 0 aromatic heterocycles. The van der Waals surface area contributed by atoms with Gasteiger partial charge in [-0.3, -0.25) is 0 Å². The van der Waals surface area contributed by atoms with E-state index in [1.165, 1.54) is 18.4 Å². The van der Waals surface area contributed by atoms with Crippen LogP contribution >= 0.6 is 0 Å². The van der Waals surface area contributed by atoms with Crippen LogP contribution in [0, 0.1) is 0 Å². The molecular weight excluding hydrogens is 224 g/mol. The number of amides is 2. The Bertz CT molecular complexity index is 295. The highest BCUT2D eigenvalue weighted by Gasteiger charge is 1.84. The molecule has 0 bridgehead atoms. The second-order valence-corrected chi connectivity index (χ2v) is 2.91. The summed E-state index contributed by atoms with van der Waals surface area (Å²) in [6.07, 6.45) is -0.217. The highest BCUT2D eigenvalue weighted by atomic mass is 16.4. The van der Waals surface area contributed by atoms with Crippen molar-refractivity contribution >= 4 is 12.2 Å². The standard InChI is InChI=1S/C9H12.2CH3NO2/c1-2-6-9-7-4-3-5-8-9;2*2-1(3)4/h3-5,7-8H,2,6H2,1H3;2*2H2,(H,3,4). The van der Waals surface area contributed by atoms with Gasteiger partial charge in [0.15, 0.2) is 0 Å². The van der Waals surface area contributed by atoms with Crippen molar-refractivity contribution in [2.24, 2.45) is 11.5 Å². The summed E-state index contributed by atoms with van der Waals surface area (Å²) in [4.78, 5) is 17.6. The maximum absolute atomic E-state index is 8.78. The number of aryl methyl sites for hydroxylation is 1. The summed E-state index contributed by atoms with van der Waals surface area (Å²) in [6, 6.07) is 10.6. The lowest BCUT2D eigenvalue weighted by Crippen LogP contribution is -2.03. The Kier molecular flexibility index (Phi) is 11.9. The lowest BCUT2D eigenvalue weighted by molar-refractivity contribution is 0.204. The van der Waals surface area contributed by atoms with Crippen molar-refractivity contribution in [2.45, 2.75) is 19.8 Å². The van der Waals surface area contributed by atoms with E-state index in [0.29, 0.717) is 0 Å². The number of primary amides is 2. The van der Waals surface area contributed by atoms with E-state index < -0.39 is 12.2 Å². The fourth-order valence-electron chi connectivity index (χ4n) is 0.933. The molecule has 0 fully saturated rings. The molecule has 6 heteroatoms. The molecule has 6 nitrogen and oxygen atoms in total. The first kappa shape index (κ1) is 17.2. The summed E-state index contributed by atoms with van der Waals surface area (Å²) in [5.74, 6) is 0. The maximum Gasteiger partial charge on any atom is 0.402 e. The quantitative estimate of drug-likeness (QED) is 0.631. The van der Waals surface area contributed by atoms with Crippen LogP contribution in [-0.4, -0.2) is 22.4 Å². The largest absolute Gasteiger partial charge is 0.465 e. The molecule has 2 amide bonds. The van der Waals surface area contributed by atoms with Crippen molar-refractivity contribution in [3.63, 3.8) is 0 Å². The molecule has 0 radical (unpaired) electrons. The van der Waals surface area contributed by atoms with Crippen molar-refractivity contribution in [1.29, 1.82) is 0 Å². The van der Waals surface area contributed by atoms with Crippen LogP contribution < -0.4 is 11.5 Å². The average Bonchev–Trinajstić information content (AvgIpc) is 2.18. The van der Waals surface area contributed by atoms with Gasteiger partial charge < -0.3 is 21.7 Å². The van der Waals surface area contributed by atoms with Crippen molar-refractivity contribution in [3.8, 4) is 0 Å². The van der Waals surface area contributed by atoms with E-state index in [1.807, 2.05) is 0 Å². The lowest BCUT2D eigenvalue weighted by Gasteiger charge is -1.93. The fourth-order valence-corrected chi connectivity index (χ4v) is 0.933. The van der Waals surface area contributed by atoms with E-state index in [9.17, 15) is 0 Å². The summed E-state index contributed by atoms with van der Waals surface area (Å²) in [5, 5.41) is 14.4. The van der Waals surface area contributed by atoms with Gasteiger partial charge in [0.1, 0.15) is 0 Å². The Morgan fingerprint density at radius 1 is 1.06 bits per heavy atom. The van der Waals surface area contributed by atoms with Gasteiger partial charge in [0.2, 0.25) is 0 Å². The van der Waals surface area contributed by atoms with Crippen LogP contribution in [0.25, 0.3) is 0 Å². The Morgan fingerprint density at radius 3 is 1.71 bits per heavy atom. The lowest BCUT2D eigenvalue weighted by atomic mass is 10.1. The van der Waals surface area contributed by atoms with E-state index in [-0.39, 0.29) is 0 Å². The summed E-state index contributed by atoms with van der Waals surface area (Å²) in [6.45, 7) is 2.20. The Hall–Kier alpha value is -2.24. The molecule has 0 spiro atoms. The molecule has 0 saturated heterocycles. The molecule has 17 heavy (non-hydrogen) atoms. The minimum Gasteiger partial charge on any atom is -0.465 e. The summed E-state index contributed by atoms with van der Waals surface area (Å²) < 4.78 is 0. The first-order valence-electron chi connectivity index (χ1n) is 4.90. The second-order valence-electron chi connectivity index (χ2n) is 2.91. The Labute approximate surface area is 99.9 Å². The first-order chi connectivity index (χ1) is 7.90. The number of benzene rings is 1. The molecule has 0 heterocycles. The topological polar surface area (TPSA) is 127 Å². The molecule has 0 unspecified atom stereocenters. The molecule has 0 aliphatic carbocycles. The fraction of sp³-hybridized carbons (Fsp3) is 0.273. The van der Waals surface area contributed by atoms with Gasteiger partial charge in [0.05, 0.1) is 0 Å². The van der Waals surface area contributed by atoms with Gasteiger partial charge >= 0.3 is 12.2 Å². The minimum atomic E-state index is -1.33. The van der Waals surface area contributed by atoms with Crippen LogP contribution in [-0.2, 0) is 6.42 Å². The minimum absolute atomic E-state index is 1.21. The van der Waals surface area contributed by atoms with Crippen LogP contribution in [0.15, 0.2) is 30.3 Å². The number of carbonyl (C=O) groups is 2. The normalized spacial score (nSPS) is 7.82. The van der Waals surface area contributed by atoms with Crippen molar-refractivity contribution in [3.05, 3.63) is 35.9 Å². The van der Waals surface area contributed by atoms with E-state index >= 15 is 0 Å². The van der Waals surface area contributed by atoms with E-state index in [2.05, 4.69) is 48.7 Å². The SMILES string of the molecule is CCCc1ccccc1.NC(=O)O.NC(=O)O. The van der Waals surface area contributed by atoms with Crippen LogP contribution in [0.1, 0.15) is 18.9 Å². The number of hydrogen-bond acceptors (Lipinski definition) is 2. The monoisotopic (exact) mass is 242 g/mol. The van der Waals surface area contributed by atoms with E-state index in [1.54, 1.807) is 0 Å². The highest BCUT2D eigenvalue weighted by Crippen LogP contribution is 2.00. The van der Waals surface area contributed by atoms with Gasteiger partial charge in [-0.25, -0.2) is 9.59 Å². The van der Waals surface area contributed by atoms with Crippen LogP contribution in [0.4, 0.5) is 9.59 Å². The Morgan fingerprint density at radius 2 is 1.41 bits per heavy atom. The van der Waals surface area contributed by atoms with Gasteiger partial charge in [-0.15, -0.1) is 0 Å². The van der Waals surface area contributed by atoms with Crippen LogP contribution in [0.5, 0.6) is 0 Å². The van der Waals surface area contributed by atoms with Crippen molar-refractivity contribution in [1.82, 2.24) is 0 Å². The predicted octanol–water partition coefficient (Wildman–Crippen LogP) is 1.89. The summed E-state index contributed by atoms with van der Waals surface area (Å²) >= 11 is 0. The number of carboxylic acid groups (broad SMARTS) is 2.